The highest BCUT2D eigenvalue weighted by Crippen LogP contribution is 2.30. The molecule has 1 aliphatic rings. The monoisotopic (exact) mass is 306 g/mol. The first-order valence-corrected chi connectivity index (χ1v) is 7.33. The van der Waals surface area contributed by atoms with Gasteiger partial charge in [-0.1, -0.05) is 12.1 Å². The summed E-state index contributed by atoms with van der Waals surface area (Å²) in [5, 5.41) is 13.0. The number of rotatable bonds is 2. The lowest BCUT2D eigenvalue weighted by Gasteiger charge is -2.18. The lowest BCUT2D eigenvalue weighted by molar-refractivity contribution is -0.111. The number of nitrogens with one attached hydrogen (secondary N) is 1. The molecule has 114 valence electrons. The smallest absolute Gasteiger partial charge is 0.262 e. The summed E-state index contributed by atoms with van der Waals surface area (Å²) in [5.74, 6) is 0.200. The number of hydrogen-bond donors (Lipinski definition) is 2. The minimum absolute atomic E-state index is 0.0689. The van der Waals surface area contributed by atoms with Crippen LogP contribution < -0.4 is 5.32 Å². The highest BCUT2D eigenvalue weighted by molar-refractivity contribution is 6.25. The fourth-order valence-corrected chi connectivity index (χ4v) is 2.83. The molecule has 2 N–H and O–H groups in total. The molecule has 23 heavy (non-hydrogen) atoms. The molecule has 6 nitrogen and oxygen atoms in total. The summed E-state index contributed by atoms with van der Waals surface area (Å²) >= 11 is 0. The van der Waals surface area contributed by atoms with E-state index in [4.69, 9.17) is 0 Å². The quantitative estimate of drug-likeness (QED) is 0.763. The van der Waals surface area contributed by atoms with E-state index < -0.39 is 0 Å². The van der Waals surface area contributed by atoms with Gasteiger partial charge in [0.1, 0.15) is 17.2 Å². The second kappa shape index (κ2) is 5.24. The summed E-state index contributed by atoms with van der Waals surface area (Å²) in [4.78, 5) is 21.1. The average molecular weight is 306 g/mol. The molecule has 0 bridgehead atoms. The molecule has 1 amide bonds. The van der Waals surface area contributed by atoms with E-state index in [-0.39, 0.29) is 17.2 Å². The summed E-state index contributed by atoms with van der Waals surface area (Å²) in [6, 6.07) is 11.1. The summed E-state index contributed by atoms with van der Waals surface area (Å²) < 4.78 is 1.97. The number of imidazole rings is 1. The number of aliphatic hydroxyl groups excluding tert-OH is 1. The van der Waals surface area contributed by atoms with Gasteiger partial charge in [0.25, 0.3) is 5.91 Å². The van der Waals surface area contributed by atoms with E-state index in [1.165, 1.54) is 0 Å². The Labute approximate surface area is 132 Å². The Hall–Kier alpha value is -3.15. The normalized spacial score (nSPS) is 13.9. The number of carbonyl (C=O) groups is 1. The first-order valence-electron chi connectivity index (χ1n) is 7.33. The zero-order valence-corrected chi connectivity index (χ0v) is 12.2. The largest absolute Gasteiger partial charge is 0.511 e. The lowest BCUT2D eigenvalue weighted by Crippen LogP contribution is -2.22. The van der Waals surface area contributed by atoms with Crippen molar-refractivity contribution in [3.63, 3.8) is 0 Å². The van der Waals surface area contributed by atoms with Crippen LogP contribution in [-0.2, 0) is 11.3 Å². The van der Waals surface area contributed by atoms with Crippen LogP contribution in [-0.4, -0.2) is 25.5 Å². The van der Waals surface area contributed by atoms with Gasteiger partial charge in [-0.15, -0.1) is 0 Å². The van der Waals surface area contributed by atoms with Crippen LogP contribution in [0.25, 0.3) is 16.6 Å². The number of allylic oxidation sites excluding steroid dienone is 1. The second-order valence-electron chi connectivity index (χ2n) is 5.34. The van der Waals surface area contributed by atoms with E-state index in [9.17, 15) is 9.90 Å². The van der Waals surface area contributed by atoms with Crippen LogP contribution in [0.4, 0.5) is 5.69 Å². The van der Waals surface area contributed by atoms with Crippen molar-refractivity contribution in [2.45, 2.75) is 13.0 Å². The molecular weight excluding hydrogens is 292 g/mol. The maximum Gasteiger partial charge on any atom is 0.262 e. The average Bonchev–Trinajstić information content (AvgIpc) is 2.93. The van der Waals surface area contributed by atoms with E-state index in [1.807, 2.05) is 28.8 Å². The van der Waals surface area contributed by atoms with Crippen molar-refractivity contribution in [2.75, 3.05) is 5.32 Å². The van der Waals surface area contributed by atoms with Crippen molar-refractivity contribution < 1.29 is 9.90 Å². The molecule has 3 aromatic rings. The molecule has 2 aromatic heterocycles. The Morgan fingerprint density at radius 3 is 2.78 bits per heavy atom. The number of aryl methyl sites for hydroxylation is 1. The van der Waals surface area contributed by atoms with Gasteiger partial charge < -0.3 is 15.0 Å². The highest BCUT2D eigenvalue weighted by atomic mass is 16.3. The van der Waals surface area contributed by atoms with Gasteiger partial charge in [0, 0.05) is 31.0 Å². The summed E-state index contributed by atoms with van der Waals surface area (Å²) in [7, 11) is 0. The van der Waals surface area contributed by atoms with E-state index in [0.29, 0.717) is 24.5 Å². The molecule has 4 rings (SSSR count). The van der Waals surface area contributed by atoms with Gasteiger partial charge in [0.2, 0.25) is 0 Å². The number of nitrogens with zero attached hydrogens (tertiary/aromatic N) is 3. The fraction of sp³-hybridized carbons (Fsp3) is 0.118. The van der Waals surface area contributed by atoms with Crippen molar-refractivity contribution in [1.82, 2.24) is 14.5 Å². The van der Waals surface area contributed by atoms with Crippen LogP contribution in [0.2, 0.25) is 0 Å². The van der Waals surface area contributed by atoms with Crippen molar-refractivity contribution in [2.24, 2.45) is 0 Å². The molecule has 1 aromatic carbocycles. The van der Waals surface area contributed by atoms with Crippen molar-refractivity contribution >= 4 is 28.2 Å². The Kier molecular flexibility index (Phi) is 3.08. The van der Waals surface area contributed by atoms with E-state index >= 15 is 0 Å². The number of hydrogen-bond acceptors (Lipinski definition) is 4. The number of benzene rings is 1. The lowest BCUT2D eigenvalue weighted by atomic mass is 10.1. The van der Waals surface area contributed by atoms with E-state index in [1.54, 1.807) is 24.5 Å². The third kappa shape index (κ3) is 2.24. The first kappa shape index (κ1) is 13.5. The number of aromatic nitrogens is 3. The molecule has 1 aliphatic heterocycles. The SMILES string of the molecule is O=C(Nc1ccncc1)C1=C(O)CCn2c1nc1ccccc12. The number of aliphatic hydroxyl groups is 1. The molecule has 0 saturated heterocycles. The molecule has 0 atom stereocenters. The maximum atomic E-state index is 12.6. The van der Waals surface area contributed by atoms with Crippen LogP contribution in [0.5, 0.6) is 0 Å². The zero-order valence-electron chi connectivity index (χ0n) is 12.2. The van der Waals surface area contributed by atoms with Gasteiger partial charge in [0.15, 0.2) is 0 Å². The Morgan fingerprint density at radius 2 is 1.96 bits per heavy atom. The number of carbonyl (C=O) groups excluding carboxylic acids is 1. The minimum atomic E-state index is -0.370. The van der Waals surface area contributed by atoms with Gasteiger partial charge in [0.05, 0.1) is 11.0 Å². The molecule has 0 radical (unpaired) electrons. The third-order valence-electron chi connectivity index (χ3n) is 3.90. The Morgan fingerprint density at radius 1 is 1.17 bits per heavy atom. The molecule has 0 saturated carbocycles. The maximum absolute atomic E-state index is 12.6. The predicted octanol–water partition coefficient (Wildman–Crippen LogP) is 2.74. The highest BCUT2D eigenvalue weighted by Gasteiger charge is 2.27. The van der Waals surface area contributed by atoms with Gasteiger partial charge in [-0.05, 0) is 24.3 Å². The molecule has 6 heteroatoms. The van der Waals surface area contributed by atoms with E-state index in [0.717, 1.165) is 11.0 Å². The van der Waals surface area contributed by atoms with Gasteiger partial charge in [-0.3, -0.25) is 9.78 Å². The van der Waals surface area contributed by atoms with Crippen LogP contribution >= 0.6 is 0 Å². The van der Waals surface area contributed by atoms with Gasteiger partial charge in [-0.2, -0.15) is 0 Å². The number of para-hydroxylation sites is 2. The summed E-state index contributed by atoms with van der Waals surface area (Å²) in [6.45, 7) is 0.605. The number of amides is 1. The second-order valence-corrected chi connectivity index (χ2v) is 5.34. The van der Waals surface area contributed by atoms with Crippen LogP contribution in [0.1, 0.15) is 12.2 Å². The number of anilines is 1. The molecule has 0 spiro atoms. The number of pyridine rings is 1. The van der Waals surface area contributed by atoms with Gasteiger partial charge in [-0.25, -0.2) is 4.98 Å². The van der Waals surface area contributed by atoms with Crippen LogP contribution in [0.3, 0.4) is 0 Å². The summed E-state index contributed by atoms with van der Waals surface area (Å²) in [5.41, 5.74) is 2.62. The zero-order chi connectivity index (χ0) is 15.8. The Balaban J connectivity index is 1.78. The predicted molar refractivity (Wildman–Crippen MR) is 86.8 cm³/mol. The molecule has 0 aliphatic carbocycles. The van der Waals surface area contributed by atoms with Crippen LogP contribution in [0, 0.1) is 0 Å². The van der Waals surface area contributed by atoms with Crippen molar-refractivity contribution in [3.8, 4) is 0 Å². The standard InChI is InChI=1S/C17H14N4O2/c22-14-7-10-21-13-4-2-1-3-12(13)20-16(21)15(14)17(23)19-11-5-8-18-9-6-11/h1-6,8-9,22H,7,10H2,(H,18,19,23). The summed E-state index contributed by atoms with van der Waals surface area (Å²) in [6.07, 6.45) is 3.60. The Bertz CT molecular complexity index is 928. The van der Waals surface area contributed by atoms with E-state index in [2.05, 4.69) is 15.3 Å². The first-order chi connectivity index (χ1) is 11.2. The van der Waals surface area contributed by atoms with Crippen molar-refractivity contribution in [3.05, 3.63) is 60.4 Å². The van der Waals surface area contributed by atoms with Crippen molar-refractivity contribution in [1.29, 1.82) is 0 Å². The van der Waals surface area contributed by atoms with Crippen LogP contribution in [0.15, 0.2) is 54.6 Å². The fourth-order valence-electron chi connectivity index (χ4n) is 2.83. The molecule has 3 heterocycles. The molecule has 0 unspecified atom stereocenters. The third-order valence-corrected chi connectivity index (χ3v) is 3.90. The number of fused-ring (bicyclic) bond motifs is 3. The van der Waals surface area contributed by atoms with Gasteiger partial charge >= 0.3 is 0 Å². The molecule has 0 fully saturated rings. The minimum Gasteiger partial charge on any atom is -0.511 e. The topological polar surface area (TPSA) is 80.0 Å². The molecular formula is C17H14N4O2.